The van der Waals surface area contributed by atoms with E-state index >= 15 is 0 Å². The van der Waals surface area contributed by atoms with E-state index < -0.39 is 0 Å². The van der Waals surface area contributed by atoms with Crippen LogP contribution in [0, 0.1) is 12.3 Å². The molecule has 1 heterocycles. The molecule has 3 rings (SSSR count). The molecule has 1 N–H and O–H groups in total. The molecule has 0 spiro atoms. The van der Waals surface area contributed by atoms with Crippen molar-refractivity contribution in [1.29, 1.82) is 0 Å². The molecule has 1 fully saturated rings. The highest BCUT2D eigenvalue weighted by molar-refractivity contribution is 8.18. The van der Waals surface area contributed by atoms with Crippen molar-refractivity contribution in [2.75, 3.05) is 6.61 Å². The molecule has 0 aliphatic carbocycles. The SMILES string of the molecule is C#CCOc1ccc(/C=C2\SC(=Nc3ccc(CC)cc3)NC2=O)cc1CC=C. The smallest absolute Gasteiger partial charge is 0.264 e. The van der Waals surface area contributed by atoms with Gasteiger partial charge in [-0.2, -0.15) is 0 Å². The van der Waals surface area contributed by atoms with Crippen LogP contribution in [-0.2, 0) is 17.6 Å². The highest BCUT2D eigenvalue weighted by Gasteiger charge is 2.23. The van der Waals surface area contributed by atoms with Crippen LogP contribution in [0.5, 0.6) is 5.75 Å². The molecule has 0 radical (unpaired) electrons. The van der Waals surface area contributed by atoms with Crippen LogP contribution in [0.2, 0.25) is 0 Å². The zero-order valence-electron chi connectivity index (χ0n) is 16.3. The number of thioether (sulfide) groups is 1. The molecular formula is C24H22N2O2S. The zero-order chi connectivity index (χ0) is 20.6. The van der Waals surface area contributed by atoms with E-state index in [-0.39, 0.29) is 12.5 Å². The number of carbonyl (C=O) groups is 1. The number of aryl methyl sites for hydroxylation is 1. The van der Waals surface area contributed by atoms with Crippen LogP contribution in [0.25, 0.3) is 6.08 Å². The van der Waals surface area contributed by atoms with Crippen molar-refractivity contribution < 1.29 is 9.53 Å². The minimum atomic E-state index is -0.156. The fourth-order valence-corrected chi connectivity index (χ4v) is 3.66. The Morgan fingerprint density at radius 2 is 2.07 bits per heavy atom. The van der Waals surface area contributed by atoms with Gasteiger partial charge in [0.1, 0.15) is 12.4 Å². The third-order valence-corrected chi connectivity index (χ3v) is 5.19. The van der Waals surface area contributed by atoms with E-state index in [1.54, 1.807) is 6.08 Å². The van der Waals surface area contributed by atoms with E-state index in [0.29, 0.717) is 16.5 Å². The molecule has 2 aromatic rings. The van der Waals surface area contributed by atoms with Crippen molar-refractivity contribution in [1.82, 2.24) is 5.32 Å². The third-order valence-electron chi connectivity index (χ3n) is 4.28. The molecule has 1 saturated heterocycles. The molecule has 0 saturated carbocycles. The molecule has 0 bridgehead atoms. The lowest BCUT2D eigenvalue weighted by Gasteiger charge is -2.09. The standard InChI is InChI=1S/C24H22N2O2S/c1-4-7-19-15-18(10-13-21(19)28-14-5-2)16-22-23(27)26-24(29-22)25-20-11-8-17(6-3)9-12-20/h2,4,8-13,15-16H,1,6-7,14H2,3H3,(H,25,26,27)/b22-16-. The van der Waals surface area contributed by atoms with Crippen LogP contribution >= 0.6 is 11.8 Å². The largest absolute Gasteiger partial charge is 0.481 e. The Bertz CT molecular complexity index is 1010. The number of hydrogen-bond donors (Lipinski definition) is 1. The maximum atomic E-state index is 12.4. The number of terminal acetylenes is 1. The summed E-state index contributed by atoms with van der Waals surface area (Å²) in [5.74, 6) is 3.04. The first-order valence-electron chi connectivity index (χ1n) is 9.31. The van der Waals surface area contributed by atoms with E-state index in [0.717, 1.165) is 29.0 Å². The Balaban J connectivity index is 1.80. The van der Waals surface area contributed by atoms with Crippen molar-refractivity contribution in [3.05, 3.63) is 76.7 Å². The minimum absolute atomic E-state index is 0.156. The van der Waals surface area contributed by atoms with Crippen molar-refractivity contribution >= 4 is 34.6 Å². The molecule has 0 aromatic heterocycles. The Kier molecular flexibility index (Phi) is 6.94. The van der Waals surface area contributed by atoms with E-state index in [1.807, 2.05) is 48.5 Å². The van der Waals surface area contributed by atoms with Gasteiger partial charge in [0.15, 0.2) is 5.17 Å². The molecular weight excluding hydrogens is 380 g/mol. The van der Waals surface area contributed by atoms with E-state index in [1.165, 1.54) is 17.3 Å². The number of amides is 1. The number of carbonyl (C=O) groups excluding carboxylic acids is 1. The fraction of sp³-hybridized carbons (Fsp3) is 0.167. The first-order valence-corrected chi connectivity index (χ1v) is 10.1. The summed E-state index contributed by atoms with van der Waals surface area (Å²) in [5.41, 5.74) is 3.94. The number of benzene rings is 2. The topological polar surface area (TPSA) is 50.7 Å². The summed E-state index contributed by atoms with van der Waals surface area (Å²) in [5, 5.41) is 3.40. The normalized spacial score (nSPS) is 15.9. The van der Waals surface area contributed by atoms with Gasteiger partial charge in [-0.1, -0.05) is 37.1 Å². The number of ether oxygens (including phenoxy) is 1. The first kappa shape index (κ1) is 20.5. The summed E-state index contributed by atoms with van der Waals surface area (Å²) < 4.78 is 5.58. The number of nitrogens with zero attached hydrogens (tertiary/aromatic N) is 1. The van der Waals surface area contributed by atoms with Gasteiger partial charge in [0.25, 0.3) is 5.91 Å². The first-order chi connectivity index (χ1) is 14.1. The summed E-state index contributed by atoms with van der Waals surface area (Å²) in [6.45, 7) is 6.11. The minimum Gasteiger partial charge on any atom is -0.481 e. The maximum Gasteiger partial charge on any atom is 0.264 e. The van der Waals surface area contributed by atoms with E-state index in [9.17, 15) is 4.79 Å². The highest BCUT2D eigenvalue weighted by Crippen LogP contribution is 2.29. The Hall–Kier alpha value is -3.23. The predicted octanol–water partition coefficient (Wildman–Crippen LogP) is 4.88. The monoisotopic (exact) mass is 402 g/mol. The van der Waals surface area contributed by atoms with Crippen molar-refractivity contribution in [2.24, 2.45) is 4.99 Å². The Morgan fingerprint density at radius 1 is 1.28 bits per heavy atom. The number of allylic oxidation sites excluding steroid dienone is 1. The number of amidine groups is 1. The van der Waals surface area contributed by atoms with Crippen LogP contribution in [-0.4, -0.2) is 17.7 Å². The van der Waals surface area contributed by atoms with Crippen molar-refractivity contribution in [2.45, 2.75) is 19.8 Å². The number of aliphatic imine (C=N–C) groups is 1. The summed E-state index contributed by atoms with van der Waals surface area (Å²) in [7, 11) is 0. The van der Waals surface area contributed by atoms with Gasteiger partial charge in [-0.15, -0.1) is 13.0 Å². The molecule has 1 aliphatic heterocycles. The van der Waals surface area contributed by atoms with E-state index in [2.05, 4.69) is 29.7 Å². The van der Waals surface area contributed by atoms with Crippen LogP contribution in [0.15, 0.2) is 65.0 Å². The van der Waals surface area contributed by atoms with Gasteiger partial charge in [0, 0.05) is 0 Å². The summed E-state index contributed by atoms with van der Waals surface area (Å²) in [4.78, 5) is 17.5. The molecule has 29 heavy (non-hydrogen) atoms. The molecule has 0 atom stereocenters. The van der Waals surface area contributed by atoms with Crippen molar-refractivity contribution in [3.63, 3.8) is 0 Å². The second-order valence-corrected chi connectivity index (χ2v) is 7.39. The number of nitrogens with one attached hydrogen (secondary N) is 1. The lowest BCUT2D eigenvalue weighted by atomic mass is 10.1. The molecule has 4 nitrogen and oxygen atoms in total. The number of rotatable bonds is 7. The van der Waals surface area contributed by atoms with Gasteiger partial charge in [0.05, 0.1) is 10.6 Å². The average molecular weight is 403 g/mol. The average Bonchev–Trinajstić information content (AvgIpc) is 3.07. The van der Waals surface area contributed by atoms with Gasteiger partial charge in [-0.3, -0.25) is 4.79 Å². The third kappa shape index (κ3) is 5.40. The lowest BCUT2D eigenvalue weighted by Crippen LogP contribution is -2.19. The molecule has 2 aromatic carbocycles. The van der Waals surface area contributed by atoms with Crippen LogP contribution < -0.4 is 10.1 Å². The quantitative estimate of drug-likeness (QED) is 0.408. The van der Waals surface area contributed by atoms with Gasteiger partial charge in [-0.05, 0) is 71.6 Å². The van der Waals surface area contributed by atoms with E-state index in [4.69, 9.17) is 11.2 Å². The van der Waals surface area contributed by atoms with Gasteiger partial charge >= 0.3 is 0 Å². The second-order valence-electron chi connectivity index (χ2n) is 6.35. The van der Waals surface area contributed by atoms with Crippen LogP contribution in [0.4, 0.5) is 5.69 Å². The zero-order valence-corrected chi connectivity index (χ0v) is 17.1. The molecule has 1 amide bonds. The van der Waals surface area contributed by atoms with Gasteiger partial charge < -0.3 is 10.1 Å². The summed E-state index contributed by atoms with van der Waals surface area (Å²) >= 11 is 1.33. The van der Waals surface area contributed by atoms with Crippen molar-refractivity contribution in [3.8, 4) is 18.1 Å². The van der Waals surface area contributed by atoms with Crippen LogP contribution in [0.3, 0.4) is 0 Å². The maximum absolute atomic E-state index is 12.4. The fourth-order valence-electron chi connectivity index (χ4n) is 2.82. The lowest BCUT2D eigenvalue weighted by molar-refractivity contribution is -0.115. The second kappa shape index (κ2) is 9.81. The summed E-state index contributed by atoms with van der Waals surface area (Å²) in [6.07, 6.45) is 10.6. The molecule has 0 unspecified atom stereocenters. The highest BCUT2D eigenvalue weighted by atomic mass is 32.2. The predicted molar refractivity (Wildman–Crippen MR) is 121 cm³/mol. The summed E-state index contributed by atoms with van der Waals surface area (Å²) in [6, 6.07) is 13.7. The molecule has 146 valence electrons. The molecule has 1 aliphatic rings. The number of hydrogen-bond acceptors (Lipinski definition) is 4. The Morgan fingerprint density at radius 3 is 2.76 bits per heavy atom. The van der Waals surface area contributed by atoms with Gasteiger partial charge in [-0.25, -0.2) is 4.99 Å². The van der Waals surface area contributed by atoms with Crippen LogP contribution in [0.1, 0.15) is 23.6 Å². The van der Waals surface area contributed by atoms with Gasteiger partial charge in [0.2, 0.25) is 0 Å². The molecule has 5 heteroatoms. The Labute approximate surface area is 175 Å².